The van der Waals surface area contributed by atoms with E-state index < -0.39 is 51.9 Å². The molecule has 7 heteroatoms. The number of hydrogen-bond acceptors (Lipinski definition) is 7. The van der Waals surface area contributed by atoms with Gasteiger partial charge in [-0.05, 0) is 43.6 Å². The number of fused-ring (bicyclic) bond motifs is 1. The van der Waals surface area contributed by atoms with Gasteiger partial charge in [0.1, 0.15) is 11.5 Å². The van der Waals surface area contributed by atoms with Crippen molar-refractivity contribution in [3.63, 3.8) is 0 Å². The van der Waals surface area contributed by atoms with Crippen molar-refractivity contribution in [3.05, 3.63) is 23.8 Å². The van der Waals surface area contributed by atoms with E-state index >= 15 is 0 Å². The Morgan fingerprint density at radius 1 is 1.16 bits per heavy atom. The molecule has 8 atom stereocenters. The number of carbonyl (C=O) groups excluding carboxylic acids is 3. The van der Waals surface area contributed by atoms with Crippen molar-refractivity contribution in [2.75, 3.05) is 6.61 Å². The first-order valence-electron chi connectivity index (χ1n) is 11.1. The number of rotatable bonds is 1. The molecule has 7 nitrogen and oxygen atoms in total. The monoisotopic (exact) mass is 428 g/mol. The van der Waals surface area contributed by atoms with E-state index in [0.717, 1.165) is 0 Å². The minimum Gasteiger partial charge on any atom is -0.387 e. The van der Waals surface area contributed by atoms with Crippen LogP contribution in [0.15, 0.2) is 23.8 Å². The van der Waals surface area contributed by atoms with Gasteiger partial charge in [-0.25, -0.2) is 0 Å². The maximum absolute atomic E-state index is 13.9. The van der Waals surface area contributed by atoms with E-state index in [4.69, 9.17) is 14.2 Å². The molecule has 7 rings (SSSR count). The molecule has 0 amide bonds. The van der Waals surface area contributed by atoms with E-state index in [1.165, 1.54) is 0 Å². The average Bonchev–Trinajstić information content (AvgIpc) is 2.80. The van der Waals surface area contributed by atoms with Gasteiger partial charge in [-0.15, -0.1) is 0 Å². The summed E-state index contributed by atoms with van der Waals surface area (Å²) in [7, 11) is 0. The Hall–Kier alpha value is -1.67. The van der Waals surface area contributed by atoms with Gasteiger partial charge < -0.3 is 19.3 Å². The summed E-state index contributed by atoms with van der Waals surface area (Å²) in [4.78, 5) is 39.7. The molecular formula is C24H28O7. The number of carbonyl (C=O) groups is 3. The van der Waals surface area contributed by atoms with E-state index in [1.54, 1.807) is 19.9 Å². The summed E-state index contributed by atoms with van der Waals surface area (Å²) in [5.41, 5.74) is -2.69. The lowest BCUT2D eigenvalue weighted by Crippen LogP contribution is -2.88. The maximum atomic E-state index is 13.9. The molecule has 0 radical (unpaired) electrons. The fraction of sp³-hybridized carbons (Fsp3) is 0.708. The number of aliphatic hydroxyl groups is 1. The van der Waals surface area contributed by atoms with Gasteiger partial charge in [0.25, 0.3) is 0 Å². The first kappa shape index (κ1) is 20.0. The number of ether oxygens (including phenoxy) is 3. The summed E-state index contributed by atoms with van der Waals surface area (Å²) in [5.74, 6) is -4.53. The van der Waals surface area contributed by atoms with Crippen molar-refractivity contribution in [1.82, 2.24) is 0 Å². The number of aldehydes is 1. The van der Waals surface area contributed by atoms with Gasteiger partial charge in [0.05, 0.1) is 23.7 Å². The van der Waals surface area contributed by atoms with Gasteiger partial charge in [-0.3, -0.25) is 14.4 Å². The molecule has 3 aliphatic heterocycles. The van der Waals surface area contributed by atoms with Crippen LogP contribution >= 0.6 is 0 Å². The van der Waals surface area contributed by atoms with Crippen LogP contribution in [0.3, 0.4) is 0 Å². The van der Waals surface area contributed by atoms with Gasteiger partial charge in [-0.1, -0.05) is 26.5 Å². The van der Waals surface area contributed by atoms with Crippen LogP contribution < -0.4 is 0 Å². The van der Waals surface area contributed by atoms with Crippen LogP contribution in [-0.2, 0) is 28.6 Å². The fourth-order valence-electron chi connectivity index (χ4n) is 8.56. The van der Waals surface area contributed by atoms with Crippen molar-refractivity contribution < 1.29 is 33.7 Å². The Morgan fingerprint density at radius 2 is 1.87 bits per heavy atom. The summed E-state index contributed by atoms with van der Waals surface area (Å²) < 4.78 is 19.1. The zero-order valence-corrected chi connectivity index (χ0v) is 18.3. The Morgan fingerprint density at radius 3 is 2.55 bits per heavy atom. The molecule has 3 saturated heterocycles. The van der Waals surface area contributed by atoms with E-state index in [-0.39, 0.29) is 29.7 Å². The zero-order valence-electron chi connectivity index (χ0n) is 18.3. The first-order chi connectivity index (χ1) is 14.4. The van der Waals surface area contributed by atoms with E-state index in [0.29, 0.717) is 24.7 Å². The minimum absolute atomic E-state index is 0.00180. The predicted molar refractivity (Wildman–Crippen MR) is 106 cm³/mol. The molecule has 0 aromatic rings. The lowest BCUT2D eigenvalue weighted by Gasteiger charge is -2.75. The van der Waals surface area contributed by atoms with Crippen LogP contribution in [0.25, 0.3) is 0 Å². The van der Waals surface area contributed by atoms with Gasteiger partial charge in [0.2, 0.25) is 5.79 Å². The first-order valence-corrected chi connectivity index (χ1v) is 11.1. The van der Waals surface area contributed by atoms with Gasteiger partial charge in [0.15, 0.2) is 23.6 Å². The Labute approximate surface area is 180 Å². The lowest BCUT2D eigenvalue weighted by molar-refractivity contribution is -0.521. The molecule has 7 aliphatic rings. The van der Waals surface area contributed by atoms with Crippen molar-refractivity contribution in [2.24, 2.45) is 34.0 Å². The third-order valence-corrected chi connectivity index (χ3v) is 9.18. The van der Waals surface area contributed by atoms with E-state index in [9.17, 15) is 19.5 Å². The van der Waals surface area contributed by atoms with Crippen LogP contribution in [0.1, 0.15) is 40.5 Å². The predicted octanol–water partition coefficient (Wildman–Crippen LogP) is 1.73. The summed E-state index contributed by atoms with van der Waals surface area (Å²) in [6.45, 7) is 11.5. The molecule has 0 aromatic heterocycles. The van der Waals surface area contributed by atoms with Crippen molar-refractivity contribution in [2.45, 2.75) is 64.3 Å². The normalized spacial score (nSPS) is 53.0. The molecule has 4 bridgehead atoms. The van der Waals surface area contributed by atoms with Gasteiger partial charge in [0, 0.05) is 11.8 Å². The van der Waals surface area contributed by atoms with E-state index in [2.05, 4.69) is 6.58 Å². The molecule has 4 aliphatic carbocycles. The Bertz CT molecular complexity index is 1010. The highest BCUT2D eigenvalue weighted by Crippen LogP contribution is 2.78. The second-order valence-corrected chi connectivity index (χ2v) is 11.3. The number of allylic oxidation sites excluding steroid dienone is 2. The third kappa shape index (κ3) is 1.77. The number of aliphatic hydroxyl groups excluding tert-OH is 1. The number of hydrogen-bond donors (Lipinski definition) is 1. The molecular weight excluding hydrogens is 400 g/mol. The molecule has 1 unspecified atom stereocenters. The third-order valence-electron chi connectivity index (χ3n) is 9.18. The zero-order chi connectivity index (χ0) is 22.4. The summed E-state index contributed by atoms with van der Waals surface area (Å²) in [5, 5.41) is 11.9. The van der Waals surface area contributed by atoms with Gasteiger partial charge >= 0.3 is 0 Å². The standard InChI is InChI=1S/C24H28O7/c1-11-13-6-7-14-22-10-29-24(23(14,16(11)26)19(13)30-21(4,5)31-24)18(28)15(22)20(2,3)8-12(9-25)17(22)27/h8-9,13-15,18-19,28H,1,6-7,10H2,2-5H3/t13-,14-,15+,18-,19+,22-,23-,24?/m0/s1. The number of ketones is 2. The minimum atomic E-state index is -1.63. The second kappa shape index (κ2) is 5.28. The van der Waals surface area contributed by atoms with Crippen molar-refractivity contribution in [1.29, 1.82) is 0 Å². The second-order valence-electron chi connectivity index (χ2n) is 11.3. The quantitative estimate of drug-likeness (QED) is 0.386. The smallest absolute Gasteiger partial charge is 0.213 e. The highest BCUT2D eigenvalue weighted by atomic mass is 16.8. The molecule has 0 aromatic carbocycles. The van der Waals surface area contributed by atoms with Crippen LogP contribution in [0, 0.1) is 34.0 Å². The topological polar surface area (TPSA) is 99.1 Å². The van der Waals surface area contributed by atoms with Crippen molar-refractivity contribution in [3.8, 4) is 0 Å². The van der Waals surface area contributed by atoms with Crippen LogP contribution in [-0.4, -0.2) is 53.3 Å². The number of Topliss-reactive ketones (excluding diaryl/α,β-unsaturated/α-hetero) is 2. The molecule has 3 spiro atoms. The van der Waals surface area contributed by atoms with Crippen molar-refractivity contribution >= 4 is 17.9 Å². The molecule has 3 saturated carbocycles. The molecule has 166 valence electrons. The summed E-state index contributed by atoms with van der Waals surface area (Å²) >= 11 is 0. The molecule has 1 N–H and O–H groups in total. The molecule has 3 heterocycles. The highest BCUT2D eigenvalue weighted by Gasteiger charge is 2.90. The molecule has 31 heavy (non-hydrogen) atoms. The largest absolute Gasteiger partial charge is 0.387 e. The summed E-state index contributed by atoms with van der Waals surface area (Å²) in [6.07, 6.45) is 1.65. The van der Waals surface area contributed by atoms with E-state index in [1.807, 2.05) is 13.8 Å². The van der Waals surface area contributed by atoms with Crippen LogP contribution in [0.2, 0.25) is 0 Å². The SMILES string of the molecule is C=C1C(=O)[C@@]23[C@@H]4OC(C)(C)OC25OC[C@]2(C(=O)C(C=O)=CC(C)(C)[C@H]2[C@@H]5O)[C@@H]3CC[C@@H]14. The highest BCUT2D eigenvalue weighted by molar-refractivity contribution is 6.16. The fourth-order valence-corrected chi connectivity index (χ4v) is 8.56. The lowest BCUT2D eigenvalue weighted by atomic mass is 9.36. The molecule has 6 fully saturated rings. The maximum Gasteiger partial charge on any atom is 0.213 e. The van der Waals surface area contributed by atoms with Crippen LogP contribution in [0.5, 0.6) is 0 Å². The Kier molecular flexibility index (Phi) is 3.40. The van der Waals surface area contributed by atoms with Crippen LogP contribution in [0.4, 0.5) is 0 Å². The average molecular weight is 428 g/mol. The van der Waals surface area contributed by atoms with Gasteiger partial charge in [-0.2, -0.15) is 0 Å². The Balaban J connectivity index is 1.71. The summed E-state index contributed by atoms with van der Waals surface area (Å²) in [6, 6.07) is 0.